The van der Waals surface area contributed by atoms with Crippen molar-refractivity contribution in [2.45, 2.75) is 12.7 Å². The first kappa shape index (κ1) is 16.2. The van der Waals surface area contributed by atoms with Gasteiger partial charge in [0.25, 0.3) is 0 Å². The van der Waals surface area contributed by atoms with Crippen LogP contribution in [0.1, 0.15) is 11.1 Å². The fourth-order valence-electron chi connectivity index (χ4n) is 1.77. The minimum absolute atomic E-state index is 0.0276. The average molecular weight is 329 g/mol. The largest absolute Gasteiger partial charge is 0.416 e. The number of para-hydroxylation sites is 1. The van der Waals surface area contributed by atoms with Crippen LogP contribution in [0.2, 0.25) is 5.02 Å². The molecule has 0 bridgehead atoms. The van der Waals surface area contributed by atoms with E-state index in [1.165, 1.54) is 12.1 Å². The van der Waals surface area contributed by atoms with E-state index in [2.05, 4.69) is 10.6 Å². The molecule has 22 heavy (non-hydrogen) atoms. The molecule has 0 aliphatic carbocycles. The first-order valence-electron chi connectivity index (χ1n) is 6.32. The van der Waals surface area contributed by atoms with Gasteiger partial charge in [-0.15, -0.1) is 0 Å². The van der Waals surface area contributed by atoms with Crippen molar-refractivity contribution in [3.05, 3.63) is 64.7 Å². The van der Waals surface area contributed by atoms with Crippen LogP contribution in [0.3, 0.4) is 0 Å². The maximum absolute atomic E-state index is 12.6. The summed E-state index contributed by atoms with van der Waals surface area (Å²) in [4.78, 5) is 11.7. The van der Waals surface area contributed by atoms with Crippen molar-refractivity contribution in [3.8, 4) is 0 Å². The van der Waals surface area contributed by atoms with E-state index < -0.39 is 17.8 Å². The standard InChI is InChI=1S/C15H12ClF3N2O/c16-12-6-1-2-7-13(12)21-14(22)20-9-10-4-3-5-11(8-10)15(17,18)19/h1-8H,9H2,(H2,20,21,22). The topological polar surface area (TPSA) is 41.1 Å². The van der Waals surface area contributed by atoms with Gasteiger partial charge >= 0.3 is 12.2 Å². The number of hydrogen-bond donors (Lipinski definition) is 2. The van der Waals surface area contributed by atoms with Gasteiger partial charge in [0.05, 0.1) is 16.3 Å². The van der Waals surface area contributed by atoms with Gasteiger partial charge in [-0.1, -0.05) is 35.9 Å². The van der Waals surface area contributed by atoms with Gasteiger partial charge in [-0.3, -0.25) is 0 Å². The smallest absolute Gasteiger partial charge is 0.334 e. The lowest BCUT2D eigenvalue weighted by Crippen LogP contribution is -2.28. The van der Waals surface area contributed by atoms with Gasteiger partial charge in [0.1, 0.15) is 0 Å². The molecule has 2 amide bonds. The van der Waals surface area contributed by atoms with Gasteiger partial charge < -0.3 is 10.6 Å². The Morgan fingerprint density at radius 2 is 1.82 bits per heavy atom. The minimum atomic E-state index is -4.41. The summed E-state index contributed by atoms with van der Waals surface area (Å²) in [5.74, 6) is 0. The van der Waals surface area contributed by atoms with E-state index in [0.29, 0.717) is 16.3 Å². The molecule has 2 aromatic rings. The summed E-state index contributed by atoms with van der Waals surface area (Å²) in [6.07, 6.45) is -4.41. The summed E-state index contributed by atoms with van der Waals surface area (Å²) in [5.41, 5.74) is 0.0214. The Labute approximate surface area is 130 Å². The Bertz CT molecular complexity index is 674. The van der Waals surface area contributed by atoms with Crippen molar-refractivity contribution in [2.24, 2.45) is 0 Å². The summed E-state index contributed by atoms with van der Waals surface area (Å²) < 4.78 is 37.8. The van der Waals surface area contributed by atoms with Crippen molar-refractivity contribution in [1.82, 2.24) is 5.32 Å². The zero-order chi connectivity index (χ0) is 16.2. The van der Waals surface area contributed by atoms with Crippen LogP contribution >= 0.6 is 11.6 Å². The maximum Gasteiger partial charge on any atom is 0.416 e. The second-order valence-electron chi connectivity index (χ2n) is 4.49. The number of urea groups is 1. The molecular weight excluding hydrogens is 317 g/mol. The highest BCUT2D eigenvalue weighted by molar-refractivity contribution is 6.33. The van der Waals surface area contributed by atoms with Gasteiger partial charge in [0, 0.05) is 6.54 Å². The van der Waals surface area contributed by atoms with Gasteiger partial charge in [0.2, 0.25) is 0 Å². The van der Waals surface area contributed by atoms with Gasteiger partial charge in [0.15, 0.2) is 0 Å². The van der Waals surface area contributed by atoms with Crippen LogP contribution in [0.15, 0.2) is 48.5 Å². The van der Waals surface area contributed by atoms with E-state index in [4.69, 9.17) is 11.6 Å². The van der Waals surface area contributed by atoms with E-state index in [9.17, 15) is 18.0 Å². The normalized spacial score (nSPS) is 11.1. The van der Waals surface area contributed by atoms with Crippen molar-refractivity contribution in [3.63, 3.8) is 0 Å². The van der Waals surface area contributed by atoms with E-state index in [1.54, 1.807) is 24.3 Å². The van der Waals surface area contributed by atoms with Gasteiger partial charge in [-0.2, -0.15) is 13.2 Å². The van der Waals surface area contributed by atoms with Crippen LogP contribution in [0.5, 0.6) is 0 Å². The quantitative estimate of drug-likeness (QED) is 0.844. The van der Waals surface area contributed by atoms with Crippen LogP contribution in [-0.2, 0) is 12.7 Å². The van der Waals surface area contributed by atoms with Crippen molar-refractivity contribution < 1.29 is 18.0 Å². The molecule has 0 atom stereocenters. The molecule has 0 spiro atoms. The Morgan fingerprint density at radius 1 is 1.09 bits per heavy atom. The van der Waals surface area contributed by atoms with Crippen LogP contribution in [0.25, 0.3) is 0 Å². The number of halogens is 4. The predicted molar refractivity (Wildman–Crippen MR) is 78.8 cm³/mol. The highest BCUT2D eigenvalue weighted by Gasteiger charge is 2.30. The number of hydrogen-bond acceptors (Lipinski definition) is 1. The fourth-order valence-corrected chi connectivity index (χ4v) is 1.95. The summed E-state index contributed by atoms with van der Waals surface area (Å²) >= 11 is 5.89. The molecule has 0 radical (unpaired) electrons. The van der Waals surface area contributed by atoms with Gasteiger partial charge in [-0.25, -0.2) is 4.79 Å². The average Bonchev–Trinajstić information content (AvgIpc) is 2.47. The number of carbonyl (C=O) groups is 1. The minimum Gasteiger partial charge on any atom is -0.334 e. The monoisotopic (exact) mass is 328 g/mol. The Hall–Kier alpha value is -2.21. The molecule has 0 saturated heterocycles. The lowest BCUT2D eigenvalue weighted by Gasteiger charge is -2.11. The second-order valence-corrected chi connectivity index (χ2v) is 4.89. The zero-order valence-corrected chi connectivity index (χ0v) is 12.0. The molecular formula is C15H12ClF3N2O. The molecule has 116 valence electrons. The summed E-state index contributed by atoms with van der Waals surface area (Å²) in [6, 6.07) is 10.9. The number of rotatable bonds is 3. The Balaban J connectivity index is 1.96. The van der Waals surface area contributed by atoms with E-state index >= 15 is 0 Å². The first-order chi connectivity index (χ1) is 10.4. The van der Waals surface area contributed by atoms with Crippen molar-refractivity contribution >= 4 is 23.3 Å². The second kappa shape index (κ2) is 6.70. The Kier molecular flexibility index (Phi) is 4.92. The predicted octanol–water partition coefficient (Wildman–Crippen LogP) is 4.68. The van der Waals surface area contributed by atoms with Crippen molar-refractivity contribution in [1.29, 1.82) is 0 Å². The molecule has 0 heterocycles. The third-order valence-corrected chi connectivity index (χ3v) is 3.16. The molecule has 0 aliphatic rings. The number of anilines is 1. The number of carbonyl (C=O) groups excluding carboxylic acids is 1. The molecule has 0 fully saturated rings. The number of nitrogens with one attached hydrogen (secondary N) is 2. The Morgan fingerprint density at radius 3 is 2.50 bits per heavy atom. The molecule has 0 unspecified atom stereocenters. The number of benzene rings is 2. The van der Waals surface area contributed by atoms with Crippen LogP contribution in [-0.4, -0.2) is 6.03 Å². The maximum atomic E-state index is 12.6. The van der Waals surface area contributed by atoms with E-state index in [0.717, 1.165) is 12.1 Å². The molecule has 2 rings (SSSR count). The summed E-state index contributed by atoms with van der Waals surface area (Å²) in [7, 11) is 0. The molecule has 3 nitrogen and oxygen atoms in total. The summed E-state index contributed by atoms with van der Waals surface area (Å²) in [5, 5.41) is 5.37. The van der Waals surface area contributed by atoms with Gasteiger partial charge in [-0.05, 0) is 29.8 Å². The highest BCUT2D eigenvalue weighted by Crippen LogP contribution is 2.29. The molecule has 0 saturated carbocycles. The first-order valence-corrected chi connectivity index (χ1v) is 6.69. The summed E-state index contributed by atoms with van der Waals surface area (Å²) in [6.45, 7) is -0.0276. The molecule has 0 aliphatic heterocycles. The third kappa shape index (κ3) is 4.39. The molecule has 2 N–H and O–H groups in total. The lowest BCUT2D eigenvalue weighted by molar-refractivity contribution is -0.137. The van der Waals surface area contributed by atoms with E-state index in [-0.39, 0.29) is 6.54 Å². The highest BCUT2D eigenvalue weighted by atomic mass is 35.5. The SMILES string of the molecule is O=C(NCc1cccc(C(F)(F)F)c1)Nc1ccccc1Cl. The fraction of sp³-hybridized carbons (Fsp3) is 0.133. The molecule has 0 aromatic heterocycles. The third-order valence-electron chi connectivity index (χ3n) is 2.83. The van der Waals surface area contributed by atoms with Crippen LogP contribution in [0.4, 0.5) is 23.7 Å². The molecule has 7 heteroatoms. The van der Waals surface area contributed by atoms with Crippen LogP contribution < -0.4 is 10.6 Å². The number of amides is 2. The number of alkyl halides is 3. The van der Waals surface area contributed by atoms with Crippen LogP contribution in [0, 0.1) is 0 Å². The molecule has 2 aromatic carbocycles. The van der Waals surface area contributed by atoms with E-state index in [1.807, 2.05) is 0 Å². The zero-order valence-electron chi connectivity index (χ0n) is 11.2. The lowest BCUT2D eigenvalue weighted by atomic mass is 10.1. The van der Waals surface area contributed by atoms with Crippen molar-refractivity contribution in [2.75, 3.05) is 5.32 Å².